The molecule has 0 saturated heterocycles. The predicted octanol–water partition coefficient (Wildman–Crippen LogP) is 1.49. The largest absolute Gasteiger partial charge is 0.768 e. The van der Waals surface area contributed by atoms with E-state index in [4.69, 9.17) is 0 Å². The van der Waals surface area contributed by atoms with Gasteiger partial charge in [0, 0.05) is 4.90 Å². The SMILES string of the molecule is O=S([O-])c1ccccc1.[NH3+]C1CCCCC1. The Balaban J connectivity index is 0.000000165. The third-order valence-electron chi connectivity index (χ3n) is 2.66. The zero-order valence-corrected chi connectivity index (χ0v) is 10.2. The van der Waals surface area contributed by atoms with Crippen LogP contribution >= 0.6 is 0 Å². The lowest BCUT2D eigenvalue weighted by Gasteiger charge is -2.12. The molecule has 0 spiro atoms. The van der Waals surface area contributed by atoms with Crippen LogP contribution in [0.5, 0.6) is 0 Å². The number of hydrogen-bond donors (Lipinski definition) is 1. The van der Waals surface area contributed by atoms with Gasteiger partial charge in [-0.05, 0) is 48.9 Å². The lowest BCUT2D eigenvalue weighted by atomic mass is 9.97. The van der Waals surface area contributed by atoms with E-state index in [1.54, 1.807) is 30.3 Å². The van der Waals surface area contributed by atoms with Crippen LogP contribution in [0.2, 0.25) is 0 Å². The Morgan fingerprint density at radius 1 is 1.12 bits per heavy atom. The normalized spacial score (nSPS) is 18.4. The molecule has 0 radical (unpaired) electrons. The average molecular weight is 241 g/mol. The Labute approximate surface area is 99.3 Å². The van der Waals surface area contributed by atoms with E-state index in [0.29, 0.717) is 4.90 Å². The van der Waals surface area contributed by atoms with Crippen LogP contribution in [0.15, 0.2) is 35.2 Å². The minimum absolute atomic E-state index is 0.331. The van der Waals surface area contributed by atoms with Gasteiger partial charge in [-0.2, -0.15) is 0 Å². The highest BCUT2D eigenvalue weighted by Crippen LogP contribution is 2.13. The monoisotopic (exact) mass is 241 g/mol. The maximum Gasteiger partial charge on any atom is 0.0843 e. The summed E-state index contributed by atoms with van der Waals surface area (Å²) in [5.74, 6) is 0. The fourth-order valence-electron chi connectivity index (χ4n) is 1.72. The van der Waals surface area contributed by atoms with Crippen molar-refractivity contribution in [3.8, 4) is 0 Å². The number of hydrogen-bond acceptors (Lipinski definition) is 2. The number of quaternary nitrogens is 1. The van der Waals surface area contributed by atoms with Crippen LogP contribution < -0.4 is 5.73 Å². The Morgan fingerprint density at radius 2 is 1.69 bits per heavy atom. The third kappa shape index (κ3) is 5.39. The van der Waals surface area contributed by atoms with Crippen LogP contribution in [0.4, 0.5) is 0 Å². The second-order valence-corrected chi connectivity index (χ2v) is 4.99. The highest BCUT2D eigenvalue weighted by molar-refractivity contribution is 7.79. The predicted molar refractivity (Wildman–Crippen MR) is 63.4 cm³/mol. The van der Waals surface area contributed by atoms with E-state index in [1.165, 1.54) is 32.1 Å². The summed E-state index contributed by atoms with van der Waals surface area (Å²) in [7, 11) is 0. The highest BCUT2D eigenvalue weighted by atomic mass is 32.2. The van der Waals surface area contributed by atoms with Crippen LogP contribution in [0, 0.1) is 0 Å². The van der Waals surface area contributed by atoms with Crippen molar-refractivity contribution in [2.75, 3.05) is 0 Å². The van der Waals surface area contributed by atoms with Crippen molar-refractivity contribution < 1.29 is 14.5 Å². The first kappa shape index (κ1) is 13.4. The van der Waals surface area contributed by atoms with Crippen molar-refractivity contribution in [2.24, 2.45) is 0 Å². The highest BCUT2D eigenvalue weighted by Gasteiger charge is 2.09. The van der Waals surface area contributed by atoms with Crippen molar-refractivity contribution >= 4 is 11.1 Å². The van der Waals surface area contributed by atoms with Gasteiger partial charge in [0.15, 0.2) is 0 Å². The lowest BCUT2D eigenvalue weighted by Crippen LogP contribution is -2.61. The van der Waals surface area contributed by atoms with Crippen LogP contribution in [0.3, 0.4) is 0 Å². The molecule has 16 heavy (non-hydrogen) atoms. The smallest absolute Gasteiger partial charge is 0.0843 e. The van der Waals surface area contributed by atoms with Gasteiger partial charge >= 0.3 is 0 Å². The minimum atomic E-state index is -2.08. The fraction of sp³-hybridized carbons (Fsp3) is 0.500. The van der Waals surface area contributed by atoms with E-state index in [1.807, 2.05) is 0 Å². The van der Waals surface area contributed by atoms with Gasteiger partial charge in [-0.15, -0.1) is 0 Å². The van der Waals surface area contributed by atoms with Gasteiger partial charge < -0.3 is 10.3 Å². The minimum Gasteiger partial charge on any atom is -0.768 e. The molecule has 0 heterocycles. The van der Waals surface area contributed by atoms with Gasteiger partial charge in [-0.3, -0.25) is 4.21 Å². The molecule has 0 aliphatic heterocycles. The maximum absolute atomic E-state index is 10.2. The van der Waals surface area contributed by atoms with Gasteiger partial charge in [-0.1, -0.05) is 24.6 Å². The molecule has 0 aromatic heterocycles. The lowest BCUT2D eigenvalue weighted by molar-refractivity contribution is -0.425. The van der Waals surface area contributed by atoms with Crippen LogP contribution in [-0.4, -0.2) is 14.8 Å². The first-order valence-electron chi connectivity index (χ1n) is 5.67. The summed E-state index contributed by atoms with van der Waals surface area (Å²) in [5, 5.41) is 0. The Kier molecular flexibility index (Phi) is 6.30. The van der Waals surface area contributed by atoms with Crippen molar-refractivity contribution in [1.82, 2.24) is 0 Å². The van der Waals surface area contributed by atoms with Gasteiger partial charge in [0.1, 0.15) is 0 Å². The summed E-state index contributed by atoms with van der Waals surface area (Å²) >= 11 is -2.08. The molecule has 1 aliphatic carbocycles. The van der Waals surface area contributed by atoms with E-state index in [2.05, 4.69) is 5.73 Å². The Morgan fingerprint density at radius 3 is 2.00 bits per heavy atom. The molecular formula is C12H19NO2S. The molecule has 3 nitrogen and oxygen atoms in total. The summed E-state index contributed by atoms with van der Waals surface area (Å²) in [6.45, 7) is 0. The van der Waals surface area contributed by atoms with E-state index in [0.717, 1.165) is 6.04 Å². The molecule has 1 unspecified atom stereocenters. The molecule has 4 heteroatoms. The molecule has 1 aliphatic rings. The van der Waals surface area contributed by atoms with Crippen LogP contribution in [0.1, 0.15) is 32.1 Å². The summed E-state index contributed by atoms with van der Waals surface area (Å²) in [6, 6.07) is 9.02. The van der Waals surface area contributed by atoms with E-state index < -0.39 is 11.1 Å². The topological polar surface area (TPSA) is 67.8 Å². The van der Waals surface area contributed by atoms with Crippen LogP contribution in [-0.2, 0) is 11.1 Å². The van der Waals surface area contributed by atoms with Crippen LogP contribution in [0.25, 0.3) is 0 Å². The first-order valence-corrected chi connectivity index (χ1v) is 6.75. The molecule has 1 saturated carbocycles. The van der Waals surface area contributed by atoms with E-state index in [9.17, 15) is 8.76 Å². The Hall–Kier alpha value is -0.710. The summed E-state index contributed by atoms with van der Waals surface area (Å²) < 4.78 is 20.4. The molecule has 90 valence electrons. The van der Waals surface area contributed by atoms with Crippen molar-refractivity contribution in [1.29, 1.82) is 0 Å². The average Bonchev–Trinajstić information content (AvgIpc) is 2.32. The molecule has 1 aromatic carbocycles. The number of benzene rings is 1. The first-order chi connectivity index (χ1) is 7.70. The summed E-state index contributed by atoms with van der Waals surface area (Å²) in [4.78, 5) is 0.331. The maximum atomic E-state index is 10.2. The molecule has 0 amide bonds. The zero-order valence-electron chi connectivity index (χ0n) is 9.43. The van der Waals surface area contributed by atoms with Gasteiger partial charge in [-0.25, -0.2) is 0 Å². The molecule has 2 rings (SSSR count). The molecule has 1 fully saturated rings. The van der Waals surface area contributed by atoms with Crippen molar-refractivity contribution in [3.05, 3.63) is 30.3 Å². The summed E-state index contributed by atoms with van der Waals surface area (Å²) in [6.07, 6.45) is 7.05. The Bertz CT molecular complexity index is 310. The van der Waals surface area contributed by atoms with Crippen molar-refractivity contribution in [3.63, 3.8) is 0 Å². The molecule has 3 N–H and O–H groups in total. The third-order valence-corrected chi connectivity index (χ3v) is 3.32. The van der Waals surface area contributed by atoms with E-state index >= 15 is 0 Å². The van der Waals surface area contributed by atoms with Gasteiger partial charge in [0.25, 0.3) is 0 Å². The summed E-state index contributed by atoms with van der Waals surface area (Å²) in [5.41, 5.74) is 4.00. The van der Waals surface area contributed by atoms with E-state index in [-0.39, 0.29) is 0 Å². The molecule has 0 bridgehead atoms. The molecule has 1 aromatic rings. The molecule has 1 atom stereocenters. The second-order valence-electron chi connectivity index (χ2n) is 4.05. The fourth-order valence-corrected chi connectivity index (χ4v) is 2.10. The van der Waals surface area contributed by atoms with Gasteiger partial charge in [0.2, 0.25) is 0 Å². The number of rotatable bonds is 1. The second kappa shape index (κ2) is 7.54. The quantitative estimate of drug-likeness (QED) is 0.757. The molecular weight excluding hydrogens is 222 g/mol. The van der Waals surface area contributed by atoms with Gasteiger partial charge in [0.05, 0.1) is 6.04 Å². The zero-order chi connectivity index (χ0) is 11.8. The van der Waals surface area contributed by atoms with Crippen molar-refractivity contribution in [2.45, 2.75) is 43.0 Å². The standard InChI is InChI=1S/C6H13N.C6H6O2S/c7-6-4-2-1-3-5-6;7-9(8)6-4-2-1-3-5-6/h6H,1-5,7H2;1-5H,(H,7,8).